The van der Waals surface area contributed by atoms with Crippen LogP contribution in [0.25, 0.3) is 0 Å². The minimum absolute atomic E-state index is 0.692. The molecule has 0 atom stereocenters. The minimum Gasteiger partial charge on any atom is -0.249 e. The van der Waals surface area contributed by atoms with E-state index in [1.165, 1.54) is 0 Å². The minimum atomic E-state index is 0.692. The molecule has 1 rings (SSSR count). The highest BCUT2D eigenvalue weighted by Gasteiger charge is 2.06. The van der Waals surface area contributed by atoms with Crippen molar-refractivity contribution in [2.45, 2.75) is 39.5 Å². The molecule has 0 fully saturated rings. The molecule has 0 aliphatic heterocycles. The van der Waals surface area contributed by atoms with Crippen LogP contribution in [-0.4, -0.2) is 13.2 Å². The van der Waals surface area contributed by atoms with Gasteiger partial charge in [0.25, 0.3) is 0 Å². The van der Waals surface area contributed by atoms with E-state index >= 15 is 0 Å². The van der Waals surface area contributed by atoms with Crippen molar-refractivity contribution >= 4 is 5.69 Å². The van der Waals surface area contributed by atoms with Crippen LogP contribution < -0.4 is 5.23 Å². The van der Waals surface area contributed by atoms with Crippen LogP contribution in [0.4, 0.5) is 5.69 Å². The van der Waals surface area contributed by atoms with Crippen molar-refractivity contribution < 1.29 is 9.68 Å². The summed E-state index contributed by atoms with van der Waals surface area (Å²) in [6, 6.07) is 9.92. The number of rotatable bonds is 9. The second-order valence-corrected chi connectivity index (χ2v) is 3.97. The molecule has 0 saturated carbocycles. The first-order chi connectivity index (χ1) is 8.38. The molecule has 0 N–H and O–H groups in total. The molecular weight excluding hydrogens is 214 g/mol. The fourth-order valence-electron chi connectivity index (χ4n) is 1.32. The van der Waals surface area contributed by atoms with Crippen LogP contribution in [0.3, 0.4) is 0 Å². The maximum Gasteiger partial charge on any atom is 0.0947 e. The molecule has 0 aliphatic carbocycles. The van der Waals surface area contributed by atoms with Gasteiger partial charge in [0.2, 0.25) is 0 Å². The van der Waals surface area contributed by atoms with E-state index in [9.17, 15) is 0 Å². The number of unbranched alkanes of at least 4 members (excludes halogenated alkanes) is 2. The Morgan fingerprint density at radius 1 is 0.882 bits per heavy atom. The molecule has 0 aliphatic rings. The Kier molecular flexibility index (Phi) is 7.43. The molecule has 96 valence electrons. The number of nitrogens with zero attached hydrogens (tertiary/aromatic N) is 1. The zero-order valence-corrected chi connectivity index (χ0v) is 10.9. The molecule has 0 unspecified atom stereocenters. The number of benzene rings is 1. The van der Waals surface area contributed by atoms with Crippen molar-refractivity contribution in [2.75, 3.05) is 18.4 Å². The van der Waals surface area contributed by atoms with E-state index in [1.54, 1.807) is 5.23 Å². The molecule has 17 heavy (non-hydrogen) atoms. The topological polar surface area (TPSA) is 21.7 Å². The van der Waals surface area contributed by atoms with Crippen molar-refractivity contribution in [1.29, 1.82) is 0 Å². The Balaban J connectivity index is 2.46. The average molecular weight is 237 g/mol. The first-order valence-electron chi connectivity index (χ1n) is 6.49. The Labute approximate surface area is 104 Å². The van der Waals surface area contributed by atoms with E-state index in [0.717, 1.165) is 31.4 Å². The summed E-state index contributed by atoms with van der Waals surface area (Å²) in [5.74, 6) is 0. The fraction of sp³-hybridized carbons (Fsp3) is 0.571. The van der Waals surface area contributed by atoms with Gasteiger partial charge < -0.3 is 0 Å². The van der Waals surface area contributed by atoms with Gasteiger partial charge >= 0.3 is 0 Å². The van der Waals surface area contributed by atoms with Crippen LogP contribution in [-0.2, 0) is 9.68 Å². The third-order valence-electron chi connectivity index (χ3n) is 2.38. The number of hydrogen-bond donors (Lipinski definition) is 0. The molecule has 0 saturated heterocycles. The van der Waals surface area contributed by atoms with Gasteiger partial charge in [-0.1, -0.05) is 44.9 Å². The summed E-state index contributed by atoms with van der Waals surface area (Å²) in [6.07, 6.45) is 4.33. The molecule has 0 radical (unpaired) electrons. The summed E-state index contributed by atoms with van der Waals surface area (Å²) in [6.45, 7) is 5.68. The third kappa shape index (κ3) is 5.71. The predicted octanol–water partition coefficient (Wildman–Crippen LogP) is 3.96. The first kappa shape index (κ1) is 14.0. The Bertz CT molecular complexity index is 267. The third-order valence-corrected chi connectivity index (χ3v) is 2.38. The van der Waals surface area contributed by atoms with Gasteiger partial charge in [0.05, 0.1) is 18.9 Å². The van der Waals surface area contributed by atoms with Gasteiger partial charge in [-0.05, 0) is 25.0 Å². The Hall–Kier alpha value is -1.06. The van der Waals surface area contributed by atoms with Crippen LogP contribution >= 0.6 is 0 Å². The van der Waals surface area contributed by atoms with E-state index in [-0.39, 0.29) is 0 Å². The van der Waals surface area contributed by atoms with Crippen molar-refractivity contribution in [3.05, 3.63) is 30.3 Å². The summed E-state index contributed by atoms with van der Waals surface area (Å²) in [7, 11) is 0. The van der Waals surface area contributed by atoms with Crippen molar-refractivity contribution in [3.63, 3.8) is 0 Å². The van der Waals surface area contributed by atoms with Crippen molar-refractivity contribution in [2.24, 2.45) is 0 Å². The summed E-state index contributed by atoms with van der Waals surface area (Å²) < 4.78 is 0. The van der Waals surface area contributed by atoms with Crippen molar-refractivity contribution in [3.8, 4) is 0 Å². The maximum atomic E-state index is 5.63. The highest BCUT2D eigenvalue weighted by Crippen LogP contribution is 2.14. The molecule has 1 aromatic carbocycles. The number of para-hydroxylation sites is 1. The van der Waals surface area contributed by atoms with Gasteiger partial charge in [-0.15, -0.1) is 5.23 Å². The largest absolute Gasteiger partial charge is 0.249 e. The van der Waals surface area contributed by atoms with Crippen LogP contribution in [0.1, 0.15) is 39.5 Å². The quantitative estimate of drug-likeness (QED) is 0.479. The Morgan fingerprint density at radius 3 is 1.88 bits per heavy atom. The van der Waals surface area contributed by atoms with Crippen LogP contribution in [0.15, 0.2) is 30.3 Å². The Morgan fingerprint density at radius 2 is 1.41 bits per heavy atom. The smallest absolute Gasteiger partial charge is 0.0947 e. The highest BCUT2D eigenvalue weighted by molar-refractivity contribution is 5.40. The predicted molar refractivity (Wildman–Crippen MR) is 70.6 cm³/mol. The van der Waals surface area contributed by atoms with E-state index in [2.05, 4.69) is 13.8 Å². The number of hydrogen-bond acceptors (Lipinski definition) is 3. The lowest BCUT2D eigenvalue weighted by molar-refractivity contribution is -0.0909. The molecule has 3 nitrogen and oxygen atoms in total. The van der Waals surface area contributed by atoms with Crippen LogP contribution in [0.5, 0.6) is 0 Å². The second kappa shape index (κ2) is 9.02. The summed E-state index contributed by atoms with van der Waals surface area (Å²) in [4.78, 5) is 11.3. The van der Waals surface area contributed by atoms with Gasteiger partial charge in [0.1, 0.15) is 0 Å². The lowest BCUT2D eigenvalue weighted by atomic mass is 10.3. The zero-order valence-electron chi connectivity index (χ0n) is 10.9. The second-order valence-electron chi connectivity index (χ2n) is 3.97. The molecule has 0 aromatic heterocycles. The van der Waals surface area contributed by atoms with E-state index in [1.807, 2.05) is 30.3 Å². The van der Waals surface area contributed by atoms with Gasteiger partial charge in [0, 0.05) is 0 Å². The summed E-state index contributed by atoms with van der Waals surface area (Å²) in [5, 5.41) is 1.55. The van der Waals surface area contributed by atoms with E-state index in [4.69, 9.17) is 9.68 Å². The normalized spacial score (nSPS) is 10.5. The van der Waals surface area contributed by atoms with Crippen LogP contribution in [0, 0.1) is 0 Å². The molecule has 0 spiro atoms. The number of anilines is 1. The molecule has 0 amide bonds. The lowest BCUT2D eigenvalue weighted by Gasteiger charge is -2.22. The van der Waals surface area contributed by atoms with Crippen molar-refractivity contribution in [1.82, 2.24) is 0 Å². The standard InChI is InChI=1S/C14H23NO2/c1-3-5-12-16-15(17-13-6-4-2)14-10-8-7-9-11-14/h7-11H,3-6,12-13H2,1-2H3. The zero-order chi connectivity index (χ0) is 12.3. The summed E-state index contributed by atoms with van der Waals surface area (Å²) >= 11 is 0. The van der Waals surface area contributed by atoms with Gasteiger partial charge in [0.15, 0.2) is 0 Å². The SMILES string of the molecule is CCCCON(OCCCC)c1ccccc1. The molecule has 0 bridgehead atoms. The van der Waals surface area contributed by atoms with Gasteiger partial charge in [-0.2, -0.15) is 0 Å². The molecule has 0 heterocycles. The average Bonchev–Trinajstić information content (AvgIpc) is 2.38. The van der Waals surface area contributed by atoms with Gasteiger partial charge in [-0.25, -0.2) is 9.68 Å². The van der Waals surface area contributed by atoms with E-state index < -0.39 is 0 Å². The van der Waals surface area contributed by atoms with E-state index in [0.29, 0.717) is 13.2 Å². The lowest BCUT2D eigenvalue weighted by Crippen LogP contribution is -2.25. The molecule has 1 aromatic rings. The van der Waals surface area contributed by atoms with Gasteiger partial charge in [-0.3, -0.25) is 0 Å². The highest BCUT2D eigenvalue weighted by atomic mass is 16.9. The molecule has 3 heteroatoms. The fourth-order valence-corrected chi connectivity index (χ4v) is 1.32. The maximum absolute atomic E-state index is 5.63. The monoisotopic (exact) mass is 237 g/mol. The van der Waals surface area contributed by atoms with Crippen LogP contribution in [0.2, 0.25) is 0 Å². The summed E-state index contributed by atoms with van der Waals surface area (Å²) in [5.41, 5.74) is 0.944. The first-order valence-corrected chi connectivity index (χ1v) is 6.49. The molecular formula is C14H23NO2.